The van der Waals surface area contributed by atoms with E-state index < -0.39 is 17.7 Å². The van der Waals surface area contributed by atoms with E-state index in [1.54, 1.807) is 0 Å². The summed E-state index contributed by atoms with van der Waals surface area (Å²) in [5, 5.41) is 9.09. The highest BCUT2D eigenvalue weighted by Gasteiger charge is 2.06. The van der Waals surface area contributed by atoms with E-state index in [0.29, 0.717) is 0 Å². The van der Waals surface area contributed by atoms with E-state index in [0.717, 1.165) is 18.2 Å². The molecule has 0 aliphatic rings. The van der Waals surface area contributed by atoms with Crippen LogP contribution in [0.3, 0.4) is 0 Å². The molecule has 1 unspecified atom stereocenters. The van der Waals surface area contributed by atoms with Crippen LogP contribution in [0.1, 0.15) is 6.42 Å². The van der Waals surface area contributed by atoms with Gasteiger partial charge < -0.3 is 15.6 Å². The molecule has 0 amide bonds. The van der Waals surface area contributed by atoms with Crippen molar-refractivity contribution < 1.29 is 18.6 Å². The van der Waals surface area contributed by atoms with Crippen LogP contribution < -0.4 is 10.5 Å². The first-order valence-electron chi connectivity index (χ1n) is 4.59. The molecule has 0 aromatic heterocycles. The van der Waals surface area contributed by atoms with Crippen LogP contribution >= 0.6 is 0 Å². The summed E-state index contributed by atoms with van der Waals surface area (Å²) < 4.78 is 30.6. The number of ether oxygens (including phenoxy) is 1. The van der Waals surface area contributed by atoms with Gasteiger partial charge in [-0.25, -0.2) is 8.78 Å². The summed E-state index contributed by atoms with van der Waals surface area (Å²) in [5.41, 5.74) is 5.17. The lowest BCUT2D eigenvalue weighted by Gasteiger charge is -2.09. The summed E-state index contributed by atoms with van der Waals surface area (Å²) >= 11 is 0. The molecule has 1 aromatic rings. The summed E-state index contributed by atoms with van der Waals surface area (Å²) in [7, 11) is 0. The van der Waals surface area contributed by atoms with Gasteiger partial charge in [0.2, 0.25) is 0 Å². The van der Waals surface area contributed by atoms with E-state index in [9.17, 15) is 8.78 Å². The monoisotopic (exact) mass is 217 g/mol. The largest absolute Gasteiger partial charge is 0.490 e. The second kappa shape index (κ2) is 5.63. The van der Waals surface area contributed by atoms with Gasteiger partial charge in [-0.3, -0.25) is 0 Å². The van der Waals surface area contributed by atoms with Gasteiger partial charge in [0.1, 0.15) is 5.82 Å². The lowest BCUT2D eigenvalue weighted by Crippen LogP contribution is -2.22. The molecular weight excluding hydrogens is 204 g/mol. The molecule has 3 nitrogen and oxygen atoms in total. The molecule has 0 saturated carbocycles. The quantitative estimate of drug-likeness (QED) is 0.775. The van der Waals surface area contributed by atoms with Crippen LogP contribution in [0.2, 0.25) is 0 Å². The SMILES string of the molecule is NCC(O)CCOc1cc(F)ccc1F. The van der Waals surface area contributed by atoms with Crippen molar-refractivity contribution in [3.63, 3.8) is 0 Å². The summed E-state index contributed by atoms with van der Waals surface area (Å²) in [6, 6.07) is 2.96. The molecule has 1 aromatic carbocycles. The molecule has 1 atom stereocenters. The highest BCUT2D eigenvalue weighted by molar-refractivity contribution is 5.24. The number of aliphatic hydroxyl groups is 1. The number of aliphatic hydroxyl groups excluding tert-OH is 1. The smallest absolute Gasteiger partial charge is 0.165 e. The van der Waals surface area contributed by atoms with Crippen LogP contribution in [-0.4, -0.2) is 24.4 Å². The topological polar surface area (TPSA) is 55.5 Å². The second-order valence-corrected chi connectivity index (χ2v) is 3.10. The Labute approximate surface area is 86.5 Å². The van der Waals surface area contributed by atoms with E-state index in [1.165, 1.54) is 0 Å². The van der Waals surface area contributed by atoms with Gasteiger partial charge in [-0.1, -0.05) is 0 Å². The van der Waals surface area contributed by atoms with E-state index in [-0.39, 0.29) is 25.3 Å². The first-order chi connectivity index (χ1) is 7.13. The fourth-order valence-electron chi connectivity index (χ4n) is 1.01. The molecule has 0 aliphatic carbocycles. The number of nitrogens with two attached hydrogens (primary N) is 1. The summed E-state index contributed by atoms with van der Waals surface area (Å²) in [4.78, 5) is 0. The van der Waals surface area contributed by atoms with Gasteiger partial charge in [-0.15, -0.1) is 0 Å². The molecule has 15 heavy (non-hydrogen) atoms. The number of hydrogen-bond acceptors (Lipinski definition) is 3. The minimum atomic E-state index is -0.679. The molecule has 0 bridgehead atoms. The van der Waals surface area contributed by atoms with Gasteiger partial charge >= 0.3 is 0 Å². The number of hydrogen-bond donors (Lipinski definition) is 2. The Bertz CT molecular complexity index is 320. The third kappa shape index (κ3) is 3.81. The molecule has 3 N–H and O–H groups in total. The van der Waals surface area contributed by atoms with Gasteiger partial charge in [0.25, 0.3) is 0 Å². The second-order valence-electron chi connectivity index (χ2n) is 3.10. The summed E-state index contributed by atoms with van der Waals surface area (Å²) in [6.07, 6.45) is -0.395. The Kier molecular flexibility index (Phi) is 4.45. The number of rotatable bonds is 5. The maximum Gasteiger partial charge on any atom is 0.165 e. The maximum atomic E-state index is 13.0. The average Bonchev–Trinajstić information content (AvgIpc) is 2.23. The highest BCUT2D eigenvalue weighted by atomic mass is 19.1. The Morgan fingerprint density at radius 3 is 2.80 bits per heavy atom. The van der Waals surface area contributed by atoms with Gasteiger partial charge in [-0.2, -0.15) is 0 Å². The lowest BCUT2D eigenvalue weighted by molar-refractivity contribution is 0.144. The third-order valence-corrected chi connectivity index (χ3v) is 1.87. The van der Waals surface area contributed by atoms with Crippen molar-refractivity contribution in [2.45, 2.75) is 12.5 Å². The number of benzene rings is 1. The van der Waals surface area contributed by atoms with Crippen LogP contribution in [-0.2, 0) is 0 Å². The first kappa shape index (κ1) is 11.9. The Morgan fingerprint density at radius 1 is 1.40 bits per heavy atom. The molecule has 1 rings (SSSR count). The Balaban J connectivity index is 2.46. The highest BCUT2D eigenvalue weighted by Crippen LogP contribution is 2.18. The van der Waals surface area contributed by atoms with Gasteiger partial charge in [0, 0.05) is 19.0 Å². The Hall–Kier alpha value is -1.20. The fourth-order valence-corrected chi connectivity index (χ4v) is 1.01. The van der Waals surface area contributed by atoms with Gasteiger partial charge in [-0.05, 0) is 12.1 Å². The van der Waals surface area contributed by atoms with Gasteiger partial charge in [0.05, 0.1) is 12.7 Å². The minimum absolute atomic E-state index is 0.0960. The van der Waals surface area contributed by atoms with Crippen LogP contribution in [0.5, 0.6) is 5.75 Å². The molecule has 5 heteroatoms. The fraction of sp³-hybridized carbons (Fsp3) is 0.400. The third-order valence-electron chi connectivity index (χ3n) is 1.87. The molecule has 0 saturated heterocycles. The van der Waals surface area contributed by atoms with E-state index in [1.807, 2.05) is 0 Å². The Morgan fingerprint density at radius 2 is 2.13 bits per heavy atom. The zero-order chi connectivity index (χ0) is 11.3. The van der Waals surface area contributed by atoms with Gasteiger partial charge in [0.15, 0.2) is 11.6 Å². The van der Waals surface area contributed by atoms with Crippen LogP contribution in [0.15, 0.2) is 18.2 Å². The standard InChI is InChI=1S/C10H13F2NO2/c11-7-1-2-9(12)10(5-7)15-4-3-8(14)6-13/h1-2,5,8,14H,3-4,6,13H2. The van der Waals surface area contributed by atoms with E-state index in [2.05, 4.69) is 0 Å². The summed E-state index contributed by atoms with van der Waals surface area (Å²) in [6.45, 7) is 0.216. The number of halogens is 2. The maximum absolute atomic E-state index is 13.0. The lowest BCUT2D eigenvalue weighted by atomic mass is 10.2. The van der Waals surface area contributed by atoms with Crippen molar-refractivity contribution in [3.05, 3.63) is 29.8 Å². The minimum Gasteiger partial charge on any atom is -0.490 e. The molecule has 0 fully saturated rings. The molecule has 0 spiro atoms. The van der Waals surface area contributed by atoms with E-state index in [4.69, 9.17) is 15.6 Å². The zero-order valence-corrected chi connectivity index (χ0v) is 8.12. The van der Waals surface area contributed by atoms with Crippen molar-refractivity contribution in [1.82, 2.24) is 0 Å². The van der Waals surface area contributed by atoms with Crippen LogP contribution in [0, 0.1) is 11.6 Å². The van der Waals surface area contributed by atoms with Crippen LogP contribution in [0.25, 0.3) is 0 Å². The molecule has 84 valence electrons. The molecular formula is C10H13F2NO2. The first-order valence-corrected chi connectivity index (χ1v) is 4.59. The molecule has 0 heterocycles. The molecule has 0 aliphatic heterocycles. The average molecular weight is 217 g/mol. The predicted octanol–water partition coefficient (Wildman–Crippen LogP) is 1.05. The van der Waals surface area contributed by atoms with Crippen molar-refractivity contribution in [3.8, 4) is 5.75 Å². The van der Waals surface area contributed by atoms with Crippen molar-refractivity contribution >= 4 is 0 Å². The normalized spacial score (nSPS) is 12.5. The van der Waals surface area contributed by atoms with E-state index >= 15 is 0 Å². The summed E-state index contributed by atoms with van der Waals surface area (Å²) in [5.74, 6) is -1.34. The predicted molar refractivity (Wildman–Crippen MR) is 51.5 cm³/mol. The van der Waals surface area contributed by atoms with Crippen molar-refractivity contribution in [2.24, 2.45) is 5.73 Å². The van der Waals surface area contributed by atoms with Crippen LogP contribution in [0.4, 0.5) is 8.78 Å². The van der Waals surface area contributed by atoms with Crippen molar-refractivity contribution in [1.29, 1.82) is 0 Å². The zero-order valence-electron chi connectivity index (χ0n) is 8.12. The van der Waals surface area contributed by atoms with Crippen molar-refractivity contribution in [2.75, 3.05) is 13.2 Å². The molecule has 0 radical (unpaired) electrons.